The van der Waals surface area contributed by atoms with Crippen LogP contribution < -0.4 is 5.73 Å². The lowest BCUT2D eigenvalue weighted by Crippen LogP contribution is -2.83. The monoisotopic (exact) mass is 343 g/mol. The Kier molecular flexibility index (Phi) is 4.87. The normalized spacial score (nSPS) is 33.2. The van der Waals surface area contributed by atoms with E-state index in [1.807, 2.05) is 6.92 Å². The van der Waals surface area contributed by atoms with E-state index in [4.69, 9.17) is 10.5 Å². The highest BCUT2D eigenvalue weighted by atomic mass is 16.6. The van der Waals surface area contributed by atoms with E-state index in [0.29, 0.717) is 13.0 Å². The van der Waals surface area contributed by atoms with E-state index in [9.17, 15) is 19.8 Å². The number of likely N-dealkylation sites (tertiary alicyclic amines) is 2. The van der Waals surface area contributed by atoms with Crippen LogP contribution in [0.3, 0.4) is 0 Å². The van der Waals surface area contributed by atoms with Gasteiger partial charge in [-0.15, -0.1) is 0 Å². The number of aliphatic hydroxyl groups excluding tert-OH is 2. The molecule has 2 aliphatic rings. The fraction of sp³-hybridized carbons (Fsp3) is 0.875. The first kappa shape index (κ1) is 19.0. The molecule has 0 aliphatic carbocycles. The average molecular weight is 343 g/mol. The number of nitrogens with two attached hydrogens (primary N) is 1. The molecule has 2 rings (SSSR count). The quantitative estimate of drug-likeness (QED) is 0.665. The van der Waals surface area contributed by atoms with E-state index in [1.54, 1.807) is 25.7 Å². The van der Waals surface area contributed by atoms with Crippen molar-refractivity contribution >= 4 is 12.0 Å². The van der Waals surface area contributed by atoms with Gasteiger partial charge in [0.25, 0.3) is 0 Å². The SMILES string of the molecule is CC1N([C@H](C(N)=O)[C@@H](C)O)C(O)C12CCCN2C(=O)OC(C)(C)C. The van der Waals surface area contributed by atoms with Gasteiger partial charge in [-0.2, -0.15) is 0 Å². The minimum absolute atomic E-state index is 0.324. The van der Waals surface area contributed by atoms with E-state index in [1.165, 1.54) is 11.8 Å². The van der Waals surface area contributed by atoms with Gasteiger partial charge in [0.05, 0.1) is 6.10 Å². The summed E-state index contributed by atoms with van der Waals surface area (Å²) in [5.74, 6) is -0.701. The molecule has 4 N–H and O–H groups in total. The van der Waals surface area contributed by atoms with Crippen molar-refractivity contribution in [2.75, 3.05) is 6.54 Å². The number of nitrogens with zero attached hydrogens (tertiary/aromatic N) is 2. The molecule has 0 aromatic carbocycles. The molecule has 8 heteroatoms. The van der Waals surface area contributed by atoms with Crippen LogP contribution in [0, 0.1) is 0 Å². The topological polar surface area (TPSA) is 116 Å². The van der Waals surface area contributed by atoms with Gasteiger partial charge in [0, 0.05) is 12.6 Å². The second-order valence-corrected chi connectivity index (χ2v) is 7.81. The molecule has 2 aliphatic heterocycles. The predicted octanol–water partition coefficient (Wildman–Crippen LogP) is 0.0133. The third-order valence-corrected chi connectivity index (χ3v) is 5.05. The van der Waals surface area contributed by atoms with Crippen LogP contribution >= 0.6 is 0 Å². The highest BCUT2D eigenvalue weighted by Gasteiger charge is 2.67. The fourth-order valence-electron chi connectivity index (χ4n) is 4.03. The zero-order valence-corrected chi connectivity index (χ0v) is 15.0. The number of amides is 2. The molecule has 2 heterocycles. The Morgan fingerprint density at radius 1 is 1.38 bits per heavy atom. The molecule has 2 amide bonds. The molecule has 0 bridgehead atoms. The molecule has 24 heavy (non-hydrogen) atoms. The van der Waals surface area contributed by atoms with Gasteiger partial charge < -0.3 is 20.7 Å². The minimum Gasteiger partial charge on any atom is -0.444 e. The number of carbonyl (C=O) groups excluding carboxylic acids is 2. The first-order valence-electron chi connectivity index (χ1n) is 8.37. The van der Waals surface area contributed by atoms with E-state index in [2.05, 4.69) is 0 Å². The Bertz CT molecular complexity index is 506. The van der Waals surface area contributed by atoms with Gasteiger partial charge in [0.1, 0.15) is 23.4 Å². The van der Waals surface area contributed by atoms with Gasteiger partial charge in [-0.25, -0.2) is 4.79 Å². The molecule has 0 aromatic rings. The fourth-order valence-corrected chi connectivity index (χ4v) is 4.03. The average Bonchev–Trinajstić information content (AvgIpc) is 2.88. The number of rotatable bonds is 3. The predicted molar refractivity (Wildman–Crippen MR) is 86.9 cm³/mol. The van der Waals surface area contributed by atoms with E-state index < -0.39 is 41.5 Å². The maximum Gasteiger partial charge on any atom is 0.410 e. The lowest BCUT2D eigenvalue weighted by molar-refractivity contribution is -0.247. The van der Waals surface area contributed by atoms with Gasteiger partial charge in [-0.3, -0.25) is 14.6 Å². The van der Waals surface area contributed by atoms with Crippen molar-refractivity contribution in [2.24, 2.45) is 5.73 Å². The van der Waals surface area contributed by atoms with Gasteiger partial charge in [-0.05, 0) is 47.5 Å². The van der Waals surface area contributed by atoms with Crippen LogP contribution in [-0.2, 0) is 9.53 Å². The summed E-state index contributed by atoms with van der Waals surface area (Å²) in [6, 6.07) is -1.32. The van der Waals surface area contributed by atoms with Crippen molar-refractivity contribution in [2.45, 2.75) is 83.0 Å². The third kappa shape index (κ3) is 2.87. The van der Waals surface area contributed by atoms with Gasteiger partial charge in [-0.1, -0.05) is 0 Å². The molecule has 8 nitrogen and oxygen atoms in total. The van der Waals surface area contributed by atoms with Crippen LogP contribution in [0.15, 0.2) is 0 Å². The first-order chi connectivity index (χ1) is 10.9. The molecule has 2 fully saturated rings. The van der Waals surface area contributed by atoms with Gasteiger partial charge >= 0.3 is 6.09 Å². The highest BCUT2D eigenvalue weighted by molar-refractivity contribution is 5.81. The molecule has 0 radical (unpaired) electrons. The second kappa shape index (κ2) is 6.16. The summed E-state index contributed by atoms with van der Waals surface area (Å²) in [4.78, 5) is 27.3. The van der Waals surface area contributed by atoms with E-state index in [-0.39, 0.29) is 6.04 Å². The lowest BCUT2D eigenvalue weighted by atomic mass is 9.74. The number of aliphatic hydroxyl groups is 2. The summed E-state index contributed by atoms with van der Waals surface area (Å²) >= 11 is 0. The molecule has 1 spiro atoms. The van der Waals surface area contributed by atoms with Crippen molar-refractivity contribution in [3.05, 3.63) is 0 Å². The maximum atomic E-state index is 12.5. The highest BCUT2D eigenvalue weighted by Crippen LogP contribution is 2.48. The molecule has 3 unspecified atom stereocenters. The molecule has 0 aromatic heterocycles. The van der Waals surface area contributed by atoms with Crippen LogP contribution in [0.2, 0.25) is 0 Å². The summed E-state index contributed by atoms with van der Waals surface area (Å²) in [5, 5.41) is 20.6. The summed E-state index contributed by atoms with van der Waals surface area (Å²) in [6.45, 7) is 9.14. The number of ether oxygens (including phenoxy) is 1. The minimum atomic E-state index is -1.07. The molecule has 5 atom stereocenters. The number of hydrogen-bond donors (Lipinski definition) is 3. The van der Waals surface area contributed by atoms with Crippen LogP contribution in [0.1, 0.15) is 47.5 Å². The first-order valence-corrected chi connectivity index (χ1v) is 8.37. The van der Waals surface area contributed by atoms with Crippen molar-refractivity contribution in [3.63, 3.8) is 0 Å². The Morgan fingerprint density at radius 3 is 2.38 bits per heavy atom. The van der Waals surface area contributed by atoms with Gasteiger partial charge in [0.2, 0.25) is 5.91 Å². The zero-order chi connectivity index (χ0) is 18.4. The van der Waals surface area contributed by atoms with Crippen LogP contribution in [0.25, 0.3) is 0 Å². The Labute approximate surface area is 142 Å². The standard InChI is InChI=1S/C16H29N3O5/c1-9(20)11(12(17)21)19-10(2)16(13(19)22)7-6-8-18(16)14(23)24-15(3,4)5/h9-11,13,20,22H,6-8H2,1-5H3,(H2,17,21)/t9-,10?,11+,13?,16?/m1/s1. The number of carbonyl (C=O) groups is 2. The zero-order valence-electron chi connectivity index (χ0n) is 15.0. The molecule has 2 saturated heterocycles. The summed E-state index contributed by atoms with van der Waals surface area (Å²) in [7, 11) is 0. The second-order valence-electron chi connectivity index (χ2n) is 7.81. The lowest BCUT2D eigenvalue weighted by Gasteiger charge is -2.63. The van der Waals surface area contributed by atoms with Crippen LogP contribution in [0.5, 0.6) is 0 Å². The van der Waals surface area contributed by atoms with Crippen LogP contribution in [0.4, 0.5) is 4.79 Å². The Hall–Kier alpha value is -1.38. The van der Waals surface area contributed by atoms with Crippen molar-refractivity contribution < 1.29 is 24.5 Å². The largest absolute Gasteiger partial charge is 0.444 e. The van der Waals surface area contributed by atoms with E-state index >= 15 is 0 Å². The smallest absolute Gasteiger partial charge is 0.410 e. The molecular formula is C16H29N3O5. The number of primary amides is 1. The molecular weight excluding hydrogens is 314 g/mol. The Morgan fingerprint density at radius 2 is 1.96 bits per heavy atom. The molecule has 0 saturated carbocycles. The maximum absolute atomic E-state index is 12.5. The van der Waals surface area contributed by atoms with E-state index in [0.717, 1.165) is 6.42 Å². The summed E-state index contributed by atoms with van der Waals surface area (Å²) in [5.41, 5.74) is 3.93. The Balaban J connectivity index is 2.24. The summed E-state index contributed by atoms with van der Waals surface area (Å²) in [6.07, 6.45) is -1.22. The number of hydrogen-bond acceptors (Lipinski definition) is 6. The van der Waals surface area contributed by atoms with Crippen molar-refractivity contribution in [3.8, 4) is 0 Å². The van der Waals surface area contributed by atoms with Crippen molar-refractivity contribution in [1.82, 2.24) is 9.80 Å². The van der Waals surface area contributed by atoms with Crippen LogP contribution in [-0.4, -0.2) is 74.1 Å². The molecule has 138 valence electrons. The third-order valence-electron chi connectivity index (χ3n) is 5.05. The summed E-state index contributed by atoms with van der Waals surface area (Å²) < 4.78 is 5.46. The van der Waals surface area contributed by atoms with Gasteiger partial charge in [0.15, 0.2) is 0 Å². The van der Waals surface area contributed by atoms with Crippen molar-refractivity contribution in [1.29, 1.82) is 0 Å².